The smallest absolute Gasteiger partial charge is 0.188 e. The van der Waals surface area contributed by atoms with Gasteiger partial charge in [-0.15, -0.1) is 0 Å². The molecule has 0 saturated carbocycles. The number of aliphatic hydroxyl groups is 1. The molecule has 0 saturated heterocycles. The number of aliphatic hydroxyl groups excluding tert-OH is 1. The van der Waals surface area contributed by atoms with Gasteiger partial charge in [0.2, 0.25) is 0 Å². The van der Waals surface area contributed by atoms with E-state index in [1.807, 2.05) is 0 Å². The summed E-state index contributed by atoms with van der Waals surface area (Å²) in [6.07, 6.45) is -0.581. The van der Waals surface area contributed by atoms with Crippen molar-refractivity contribution < 1.29 is 19.3 Å². The number of ether oxygens (including phenoxy) is 3. The van der Waals surface area contributed by atoms with E-state index in [4.69, 9.17) is 14.2 Å². The molecule has 0 fully saturated rings. The van der Waals surface area contributed by atoms with Gasteiger partial charge in [0, 0.05) is 18.7 Å². The summed E-state index contributed by atoms with van der Waals surface area (Å²) in [6, 6.07) is 5.28. The van der Waals surface area contributed by atoms with Gasteiger partial charge in [0.1, 0.15) is 11.5 Å². The highest BCUT2D eigenvalue weighted by Gasteiger charge is 2.10. The minimum absolute atomic E-state index is 0.146. The Bertz CT molecular complexity index is 309. The molecule has 0 bridgehead atoms. The van der Waals surface area contributed by atoms with Gasteiger partial charge in [-0.05, 0) is 19.1 Å². The van der Waals surface area contributed by atoms with E-state index in [1.165, 1.54) is 0 Å². The molecule has 1 aromatic rings. The summed E-state index contributed by atoms with van der Waals surface area (Å²) in [7, 11) is 3.12. The highest BCUT2D eigenvalue weighted by molar-refractivity contribution is 5.41. The van der Waals surface area contributed by atoms with Crippen LogP contribution >= 0.6 is 0 Å². The zero-order valence-corrected chi connectivity index (χ0v) is 9.19. The van der Waals surface area contributed by atoms with Gasteiger partial charge in [-0.1, -0.05) is 0 Å². The van der Waals surface area contributed by atoms with Gasteiger partial charge in [-0.3, -0.25) is 0 Å². The lowest BCUT2D eigenvalue weighted by Gasteiger charge is -2.13. The number of rotatable bonds is 5. The van der Waals surface area contributed by atoms with E-state index in [2.05, 4.69) is 0 Å². The molecule has 0 aliphatic rings. The van der Waals surface area contributed by atoms with Crippen molar-refractivity contribution in [3.8, 4) is 11.5 Å². The molecule has 0 spiro atoms. The Morgan fingerprint density at radius 3 is 2.60 bits per heavy atom. The van der Waals surface area contributed by atoms with Crippen molar-refractivity contribution in [3.05, 3.63) is 23.8 Å². The van der Waals surface area contributed by atoms with Gasteiger partial charge in [-0.25, -0.2) is 0 Å². The predicted molar refractivity (Wildman–Crippen MR) is 56.1 cm³/mol. The molecule has 1 atom stereocenters. The Balaban J connectivity index is 2.94. The van der Waals surface area contributed by atoms with Gasteiger partial charge >= 0.3 is 0 Å². The maximum absolute atomic E-state index is 9.51. The van der Waals surface area contributed by atoms with Crippen molar-refractivity contribution in [3.63, 3.8) is 0 Å². The first kappa shape index (κ1) is 11.8. The molecule has 1 rings (SSSR count). The van der Waals surface area contributed by atoms with E-state index in [1.54, 1.807) is 39.3 Å². The number of hydrogen-bond acceptors (Lipinski definition) is 4. The Labute approximate surface area is 89.4 Å². The quantitative estimate of drug-likeness (QED) is 0.755. The van der Waals surface area contributed by atoms with Crippen LogP contribution in [0.5, 0.6) is 11.5 Å². The average molecular weight is 212 g/mol. The van der Waals surface area contributed by atoms with Crippen molar-refractivity contribution in [2.45, 2.75) is 13.0 Å². The van der Waals surface area contributed by atoms with Gasteiger partial charge in [0.25, 0.3) is 0 Å². The summed E-state index contributed by atoms with van der Waals surface area (Å²) >= 11 is 0. The molecule has 15 heavy (non-hydrogen) atoms. The molecule has 1 aromatic carbocycles. The fourth-order valence-corrected chi connectivity index (χ4v) is 1.23. The summed E-state index contributed by atoms with van der Waals surface area (Å²) < 4.78 is 15.2. The molecule has 0 unspecified atom stereocenters. The lowest BCUT2D eigenvalue weighted by atomic mass is 10.1. The van der Waals surface area contributed by atoms with E-state index >= 15 is 0 Å². The maximum Gasteiger partial charge on any atom is 0.188 e. The van der Waals surface area contributed by atoms with Gasteiger partial charge in [-0.2, -0.15) is 0 Å². The number of benzene rings is 1. The number of hydrogen-bond donors (Lipinski definition) is 1. The van der Waals surface area contributed by atoms with Gasteiger partial charge in [0.15, 0.2) is 6.79 Å². The first-order valence-electron chi connectivity index (χ1n) is 4.66. The first-order chi connectivity index (χ1) is 7.19. The lowest BCUT2D eigenvalue weighted by molar-refractivity contribution is 0.0482. The third-order valence-corrected chi connectivity index (χ3v) is 2.00. The Morgan fingerprint density at radius 1 is 1.33 bits per heavy atom. The normalized spacial score (nSPS) is 12.3. The molecule has 4 nitrogen and oxygen atoms in total. The van der Waals surface area contributed by atoms with Crippen LogP contribution in [-0.2, 0) is 4.74 Å². The molecule has 84 valence electrons. The van der Waals surface area contributed by atoms with E-state index in [0.717, 1.165) is 0 Å². The fourth-order valence-electron chi connectivity index (χ4n) is 1.23. The largest absolute Gasteiger partial charge is 0.497 e. The van der Waals surface area contributed by atoms with Crippen LogP contribution in [0.4, 0.5) is 0 Å². The molecule has 0 amide bonds. The van der Waals surface area contributed by atoms with Crippen molar-refractivity contribution in [1.82, 2.24) is 0 Å². The van der Waals surface area contributed by atoms with Gasteiger partial charge in [0.05, 0.1) is 13.2 Å². The van der Waals surface area contributed by atoms with Crippen LogP contribution in [0, 0.1) is 0 Å². The van der Waals surface area contributed by atoms with Crippen molar-refractivity contribution >= 4 is 0 Å². The van der Waals surface area contributed by atoms with Gasteiger partial charge < -0.3 is 19.3 Å². The monoisotopic (exact) mass is 212 g/mol. The molecule has 4 heteroatoms. The zero-order chi connectivity index (χ0) is 11.3. The Hall–Kier alpha value is -1.26. The van der Waals surface area contributed by atoms with E-state index < -0.39 is 6.10 Å². The average Bonchev–Trinajstić information content (AvgIpc) is 2.25. The molecule has 0 aliphatic heterocycles. The van der Waals surface area contributed by atoms with Crippen LogP contribution in [0.2, 0.25) is 0 Å². The Morgan fingerprint density at radius 2 is 2.07 bits per heavy atom. The minimum atomic E-state index is -0.581. The van der Waals surface area contributed by atoms with Crippen molar-refractivity contribution in [1.29, 1.82) is 0 Å². The molecule has 0 radical (unpaired) electrons. The molecule has 1 N–H and O–H groups in total. The third-order valence-electron chi connectivity index (χ3n) is 2.00. The van der Waals surface area contributed by atoms with E-state index in [9.17, 15) is 5.11 Å². The van der Waals surface area contributed by atoms with Crippen LogP contribution in [0.15, 0.2) is 18.2 Å². The van der Waals surface area contributed by atoms with Crippen LogP contribution in [0.1, 0.15) is 18.6 Å². The van der Waals surface area contributed by atoms with Crippen LogP contribution in [0.3, 0.4) is 0 Å². The fraction of sp³-hybridized carbons (Fsp3) is 0.455. The summed E-state index contributed by atoms with van der Waals surface area (Å²) in [5.74, 6) is 1.26. The molecule has 0 aromatic heterocycles. The lowest BCUT2D eigenvalue weighted by Crippen LogP contribution is -2.03. The first-order valence-corrected chi connectivity index (χ1v) is 4.66. The molecular formula is C11H16O4. The maximum atomic E-state index is 9.51. The highest BCUT2D eigenvalue weighted by Crippen LogP contribution is 2.29. The molecule has 0 aliphatic carbocycles. The SMILES string of the molecule is COCOc1cc(OC)ccc1[C@@H](C)O. The molecule has 0 heterocycles. The predicted octanol–water partition coefficient (Wildman–Crippen LogP) is 1.73. The second-order valence-electron chi connectivity index (χ2n) is 3.13. The number of methoxy groups -OCH3 is 2. The standard InChI is InChI=1S/C11H16O4/c1-8(12)10-5-4-9(14-3)6-11(10)15-7-13-2/h4-6,8,12H,7H2,1-3H3/t8-/m1/s1. The molecular weight excluding hydrogens is 196 g/mol. The van der Waals surface area contributed by atoms with E-state index in [-0.39, 0.29) is 6.79 Å². The second-order valence-corrected chi connectivity index (χ2v) is 3.13. The summed E-state index contributed by atoms with van der Waals surface area (Å²) in [5.41, 5.74) is 0.716. The zero-order valence-electron chi connectivity index (χ0n) is 9.19. The van der Waals surface area contributed by atoms with Crippen LogP contribution in [0.25, 0.3) is 0 Å². The topological polar surface area (TPSA) is 47.9 Å². The summed E-state index contributed by atoms with van der Waals surface area (Å²) in [4.78, 5) is 0. The third kappa shape index (κ3) is 3.11. The van der Waals surface area contributed by atoms with Crippen LogP contribution < -0.4 is 9.47 Å². The second kappa shape index (κ2) is 5.58. The van der Waals surface area contributed by atoms with Crippen molar-refractivity contribution in [2.24, 2.45) is 0 Å². The summed E-state index contributed by atoms with van der Waals surface area (Å²) in [5, 5.41) is 9.51. The van der Waals surface area contributed by atoms with Crippen molar-refractivity contribution in [2.75, 3.05) is 21.0 Å². The Kier molecular flexibility index (Phi) is 4.39. The summed E-state index contributed by atoms with van der Waals surface area (Å²) in [6.45, 7) is 1.83. The minimum Gasteiger partial charge on any atom is -0.497 e. The van der Waals surface area contributed by atoms with Crippen LogP contribution in [-0.4, -0.2) is 26.1 Å². The highest BCUT2D eigenvalue weighted by atomic mass is 16.7. The van der Waals surface area contributed by atoms with E-state index in [0.29, 0.717) is 17.1 Å².